The number of nitrogens with one attached hydrogen (secondary N) is 1. The van der Waals surface area contributed by atoms with Crippen molar-refractivity contribution in [3.63, 3.8) is 0 Å². The highest BCUT2D eigenvalue weighted by atomic mass is 16.5. The standard InChI is InChI=1S/C12H16N2O3/c1-8(13)11(15)14-7-9-3-5-10(6-4-9)12(16)17-2/h3-6,8H,7,13H2,1-2H3,(H,14,15)/t8-/m0/s1. The minimum atomic E-state index is -0.524. The summed E-state index contributed by atoms with van der Waals surface area (Å²) in [4.78, 5) is 22.4. The molecule has 3 N–H and O–H groups in total. The van der Waals surface area contributed by atoms with Crippen molar-refractivity contribution in [3.8, 4) is 0 Å². The topological polar surface area (TPSA) is 81.4 Å². The number of rotatable bonds is 4. The number of carbonyl (C=O) groups excluding carboxylic acids is 2. The van der Waals surface area contributed by atoms with E-state index in [1.807, 2.05) is 0 Å². The Balaban J connectivity index is 2.57. The molecule has 0 aliphatic heterocycles. The summed E-state index contributed by atoms with van der Waals surface area (Å²) in [6.07, 6.45) is 0. The van der Waals surface area contributed by atoms with Gasteiger partial charge in [-0.1, -0.05) is 12.1 Å². The highest BCUT2D eigenvalue weighted by Gasteiger charge is 2.07. The van der Waals surface area contributed by atoms with E-state index in [2.05, 4.69) is 10.1 Å². The fraction of sp³-hybridized carbons (Fsp3) is 0.333. The van der Waals surface area contributed by atoms with E-state index in [4.69, 9.17) is 5.73 Å². The first kappa shape index (κ1) is 13.2. The fourth-order valence-electron chi connectivity index (χ4n) is 1.23. The maximum atomic E-state index is 11.2. The van der Waals surface area contributed by atoms with Crippen LogP contribution >= 0.6 is 0 Å². The summed E-state index contributed by atoms with van der Waals surface area (Å²) in [6.45, 7) is 2.01. The first-order valence-electron chi connectivity index (χ1n) is 5.25. The van der Waals surface area contributed by atoms with Crippen molar-refractivity contribution in [1.82, 2.24) is 5.32 Å². The Hall–Kier alpha value is -1.88. The van der Waals surface area contributed by atoms with Crippen molar-refractivity contribution in [2.45, 2.75) is 19.5 Å². The lowest BCUT2D eigenvalue weighted by molar-refractivity contribution is -0.122. The van der Waals surface area contributed by atoms with Crippen molar-refractivity contribution in [2.24, 2.45) is 5.73 Å². The molecule has 0 heterocycles. The number of carbonyl (C=O) groups is 2. The molecule has 1 atom stereocenters. The molecule has 5 heteroatoms. The highest BCUT2D eigenvalue weighted by Crippen LogP contribution is 2.05. The first-order chi connectivity index (χ1) is 8.04. The van der Waals surface area contributed by atoms with E-state index in [0.29, 0.717) is 12.1 Å². The van der Waals surface area contributed by atoms with Gasteiger partial charge in [-0.3, -0.25) is 4.79 Å². The zero-order valence-corrected chi connectivity index (χ0v) is 9.90. The Bertz CT molecular complexity index is 399. The van der Waals surface area contributed by atoms with Gasteiger partial charge >= 0.3 is 5.97 Å². The van der Waals surface area contributed by atoms with Gasteiger partial charge in [0.2, 0.25) is 5.91 Å². The predicted octanol–water partition coefficient (Wildman–Crippen LogP) is 0.437. The molecule has 0 spiro atoms. The lowest BCUT2D eigenvalue weighted by Gasteiger charge is -2.08. The largest absolute Gasteiger partial charge is 0.465 e. The number of amides is 1. The van der Waals surface area contributed by atoms with Crippen LogP contribution in [-0.2, 0) is 16.1 Å². The Morgan fingerprint density at radius 2 is 1.94 bits per heavy atom. The maximum Gasteiger partial charge on any atom is 0.337 e. The molecule has 0 aromatic heterocycles. The fourth-order valence-corrected chi connectivity index (χ4v) is 1.23. The van der Waals surface area contributed by atoms with Crippen LogP contribution in [0.2, 0.25) is 0 Å². The SMILES string of the molecule is COC(=O)c1ccc(CNC(=O)[C@H](C)N)cc1. The second-order valence-corrected chi connectivity index (χ2v) is 3.69. The molecule has 0 fully saturated rings. The average molecular weight is 236 g/mol. The lowest BCUT2D eigenvalue weighted by atomic mass is 10.1. The van der Waals surface area contributed by atoms with Crippen LogP contribution < -0.4 is 11.1 Å². The molecule has 1 rings (SSSR count). The monoisotopic (exact) mass is 236 g/mol. The first-order valence-corrected chi connectivity index (χ1v) is 5.25. The van der Waals surface area contributed by atoms with E-state index in [9.17, 15) is 9.59 Å². The number of nitrogens with two attached hydrogens (primary N) is 1. The van der Waals surface area contributed by atoms with Crippen molar-refractivity contribution in [1.29, 1.82) is 0 Å². The number of esters is 1. The van der Waals surface area contributed by atoms with Crippen molar-refractivity contribution in [3.05, 3.63) is 35.4 Å². The van der Waals surface area contributed by atoms with Crippen molar-refractivity contribution < 1.29 is 14.3 Å². The van der Waals surface area contributed by atoms with Crippen molar-refractivity contribution >= 4 is 11.9 Å². The molecular formula is C12H16N2O3. The summed E-state index contributed by atoms with van der Waals surface area (Å²) >= 11 is 0. The summed E-state index contributed by atoms with van der Waals surface area (Å²) < 4.78 is 4.58. The zero-order valence-electron chi connectivity index (χ0n) is 9.90. The van der Waals surface area contributed by atoms with Crippen LogP contribution in [0.3, 0.4) is 0 Å². The quantitative estimate of drug-likeness (QED) is 0.743. The number of ether oxygens (including phenoxy) is 1. The molecule has 0 unspecified atom stereocenters. The number of benzene rings is 1. The van der Waals surface area contributed by atoms with E-state index in [1.54, 1.807) is 31.2 Å². The van der Waals surface area contributed by atoms with E-state index in [0.717, 1.165) is 5.56 Å². The molecule has 17 heavy (non-hydrogen) atoms. The normalized spacial score (nSPS) is 11.7. The van der Waals surface area contributed by atoms with Gasteiger partial charge in [-0.15, -0.1) is 0 Å². The second kappa shape index (κ2) is 6.00. The van der Waals surface area contributed by atoms with Crippen LogP contribution in [0.15, 0.2) is 24.3 Å². The third-order valence-corrected chi connectivity index (χ3v) is 2.26. The summed E-state index contributed by atoms with van der Waals surface area (Å²) in [5, 5.41) is 2.68. The van der Waals surface area contributed by atoms with Crippen LogP contribution in [0, 0.1) is 0 Å². The van der Waals surface area contributed by atoms with Gasteiger partial charge < -0.3 is 15.8 Å². The minimum Gasteiger partial charge on any atom is -0.465 e. The number of methoxy groups -OCH3 is 1. The number of hydrogen-bond donors (Lipinski definition) is 2. The predicted molar refractivity (Wildman–Crippen MR) is 63.3 cm³/mol. The molecule has 0 bridgehead atoms. The molecule has 1 amide bonds. The van der Waals surface area contributed by atoms with Gasteiger partial charge in [-0.05, 0) is 24.6 Å². The Labute approximate surface area is 99.9 Å². The van der Waals surface area contributed by atoms with Crippen LogP contribution in [0.1, 0.15) is 22.8 Å². The Kier molecular flexibility index (Phi) is 4.66. The second-order valence-electron chi connectivity index (χ2n) is 3.69. The molecule has 0 saturated carbocycles. The van der Waals surface area contributed by atoms with Gasteiger partial charge in [0.15, 0.2) is 0 Å². The molecule has 1 aromatic carbocycles. The highest BCUT2D eigenvalue weighted by molar-refractivity contribution is 5.89. The molecule has 0 saturated heterocycles. The molecule has 5 nitrogen and oxygen atoms in total. The van der Waals surface area contributed by atoms with Crippen LogP contribution in [0.25, 0.3) is 0 Å². The molecule has 0 aliphatic rings. The van der Waals surface area contributed by atoms with E-state index < -0.39 is 6.04 Å². The van der Waals surface area contributed by atoms with Crippen LogP contribution in [0.5, 0.6) is 0 Å². The lowest BCUT2D eigenvalue weighted by Crippen LogP contribution is -2.37. The van der Waals surface area contributed by atoms with Crippen molar-refractivity contribution in [2.75, 3.05) is 7.11 Å². The molecule has 0 radical (unpaired) electrons. The Morgan fingerprint density at radius 1 is 1.35 bits per heavy atom. The maximum absolute atomic E-state index is 11.2. The van der Waals surface area contributed by atoms with Crippen LogP contribution in [0.4, 0.5) is 0 Å². The minimum absolute atomic E-state index is 0.206. The summed E-state index contributed by atoms with van der Waals surface area (Å²) in [6, 6.07) is 6.30. The average Bonchev–Trinajstić information content (AvgIpc) is 2.35. The molecule has 0 aliphatic carbocycles. The smallest absolute Gasteiger partial charge is 0.337 e. The summed E-state index contributed by atoms with van der Waals surface area (Å²) in [5.41, 5.74) is 6.79. The molecular weight excluding hydrogens is 220 g/mol. The van der Waals surface area contributed by atoms with E-state index >= 15 is 0 Å². The van der Waals surface area contributed by atoms with E-state index in [1.165, 1.54) is 7.11 Å². The molecule has 1 aromatic rings. The van der Waals surface area contributed by atoms with E-state index in [-0.39, 0.29) is 11.9 Å². The summed E-state index contributed by atoms with van der Waals surface area (Å²) in [7, 11) is 1.33. The Morgan fingerprint density at radius 3 is 2.41 bits per heavy atom. The van der Waals surface area contributed by atoms with Gasteiger partial charge in [0, 0.05) is 6.54 Å². The summed E-state index contributed by atoms with van der Waals surface area (Å²) in [5.74, 6) is -0.585. The van der Waals surface area contributed by atoms with Gasteiger partial charge in [0.1, 0.15) is 0 Å². The third-order valence-electron chi connectivity index (χ3n) is 2.26. The van der Waals surface area contributed by atoms with Gasteiger partial charge in [-0.2, -0.15) is 0 Å². The van der Waals surface area contributed by atoms with Gasteiger partial charge in [0.05, 0.1) is 18.7 Å². The van der Waals surface area contributed by atoms with Gasteiger partial charge in [-0.25, -0.2) is 4.79 Å². The molecule has 92 valence electrons. The third kappa shape index (κ3) is 3.88. The zero-order chi connectivity index (χ0) is 12.8. The number of hydrogen-bond acceptors (Lipinski definition) is 4. The van der Waals surface area contributed by atoms with Gasteiger partial charge in [0.25, 0.3) is 0 Å². The van der Waals surface area contributed by atoms with Crippen LogP contribution in [-0.4, -0.2) is 25.0 Å².